The molecule has 0 unspecified atom stereocenters. The third-order valence-electron chi connectivity index (χ3n) is 2.34. The molecular weight excluding hydrogens is 230 g/mol. The zero-order valence-electron chi connectivity index (χ0n) is 10.3. The molecule has 5 nitrogen and oxygen atoms in total. The van der Waals surface area contributed by atoms with E-state index in [-0.39, 0.29) is 12.3 Å². The summed E-state index contributed by atoms with van der Waals surface area (Å²) in [4.78, 5) is 11.6. The lowest BCUT2D eigenvalue weighted by Gasteiger charge is -2.08. The number of hydrogen-bond donors (Lipinski definition) is 2. The number of nitrogens with zero attached hydrogens (tertiary/aromatic N) is 1. The van der Waals surface area contributed by atoms with Gasteiger partial charge < -0.3 is 16.3 Å². The van der Waals surface area contributed by atoms with E-state index in [2.05, 4.69) is 5.10 Å². The van der Waals surface area contributed by atoms with Gasteiger partial charge in [-0.05, 0) is 18.7 Å². The van der Waals surface area contributed by atoms with Crippen LogP contribution in [0.1, 0.15) is 12.5 Å². The van der Waals surface area contributed by atoms with Gasteiger partial charge in [0, 0.05) is 12.0 Å². The molecule has 1 aromatic carbocycles. The van der Waals surface area contributed by atoms with E-state index in [1.807, 2.05) is 30.3 Å². The summed E-state index contributed by atoms with van der Waals surface area (Å²) in [5.74, 6) is 4.66. The fourth-order valence-corrected chi connectivity index (χ4v) is 1.50. The van der Waals surface area contributed by atoms with Gasteiger partial charge in [0.15, 0.2) is 5.71 Å². The molecule has 0 aliphatic rings. The number of hydrazone groups is 1. The average molecular weight is 247 g/mol. The van der Waals surface area contributed by atoms with Crippen LogP contribution in [-0.4, -0.2) is 18.3 Å². The molecule has 0 spiro atoms. The second-order valence-corrected chi connectivity index (χ2v) is 3.55. The summed E-state index contributed by atoms with van der Waals surface area (Å²) in [6, 6.07) is 9.60. The van der Waals surface area contributed by atoms with Gasteiger partial charge in [-0.15, -0.1) is 0 Å². The van der Waals surface area contributed by atoms with E-state index < -0.39 is 5.97 Å². The number of carbonyl (C=O) groups is 1. The summed E-state index contributed by atoms with van der Waals surface area (Å²) >= 11 is 0. The number of ether oxygens (including phenoxy) is 1. The van der Waals surface area contributed by atoms with Crippen molar-refractivity contribution >= 4 is 11.7 Å². The van der Waals surface area contributed by atoms with Crippen LogP contribution in [0, 0.1) is 0 Å². The quantitative estimate of drug-likeness (QED) is 0.351. The molecule has 4 N–H and O–H groups in total. The smallest absolute Gasteiger partial charge is 0.359 e. The molecule has 18 heavy (non-hydrogen) atoms. The molecule has 0 saturated heterocycles. The van der Waals surface area contributed by atoms with E-state index in [0.717, 1.165) is 5.56 Å². The molecule has 0 amide bonds. The third-order valence-corrected chi connectivity index (χ3v) is 2.34. The number of hydrogen-bond acceptors (Lipinski definition) is 5. The third kappa shape index (κ3) is 3.62. The second-order valence-electron chi connectivity index (χ2n) is 3.55. The van der Waals surface area contributed by atoms with Crippen molar-refractivity contribution in [2.75, 3.05) is 6.61 Å². The maximum atomic E-state index is 11.6. The van der Waals surface area contributed by atoms with Crippen molar-refractivity contribution < 1.29 is 9.53 Å². The highest BCUT2D eigenvalue weighted by molar-refractivity contribution is 6.43. The molecule has 1 rings (SSSR count). The Labute approximate surface area is 106 Å². The number of rotatable bonds is 5. The predicted molar refractivity (Wildman–Crippen MR) is 70.7 cm³/mol. The van der Waals surface area contributed by atoms with Gasteiger partial charge in [-0.1, -0.05) is 30.3 Å². The Morgan fingerprint density at radius 3 is 2.56 bits per heavy atom. The van der Waals surface area contributed by atoms with Crippen molar-refractivity contribution in [3.8, 4) is 0 Å². The Morgan fingerprint density at radius 1 is 1.39 bits per heavy atom. The molecule has 96 valence electrons. The van der Waals surface area contributed by atoms with Gasteiger partial charge in [0.2, 0.25) is 0 Å². The molecule has 1 aromatic rings. The largest absolute Gasteiger partial charge is 0.461 e. The van der Waals surface area contributed by atoms with Crippen LogP contribution in [0.5, 0.6) is 0 Å². The van der Waals surface area contributed by atoms with Gasteiger partial charge >= 0.3 is 5.97 Å². The minimum atomic E-state index is -0.562. The van der Waals surface area contributed by atoms with Crippen molar-refractivity contribution in [1.29, 1.82) is 0 Å². The van der Waals surface area contributed by atoms with E-state index in [1.165, 1.54) is 6.20 Å². The maximum absolute atomic E-state index is 11.6. The first-order valence-electron chi connectivity index (χ1n) is 5.63. The van der Waals surface area contributed by atoms with Gasteiger partial charge in [-0.25, -0.2) is 4.79 Å². The zero-order chi connectivity index (χ0) is 13.4. The summed E-state index contributed by atoms with van der Waals surface area (Å²) in [5.41, 5.74) is 7.14. The summed E-state index contributed by atoms with van der Waals surface area (Å²) in [5, 5.41) is 3.47. The van der Waals surface area contributed by atoms with Crippen molar-refractivity contribution in [3.63, 3.8) is 0 Å². The van der Waals surface area contributed by atoms with Crippen LogP contribution >= 0.6 is 0 Å². The van der Waals surface area contributed by atoms with Crippen molar-refractivity contribution in [2.24, 2.45) is 16.7 Å². The summed E-state index contributed by atoms with van der Waals surface area (Å²) in [7, 11) is 0. The molecule has 0 heterocycles. The lowest BCUT2D eigenvalue weighted by molar-refractivity contribution is -0.135. The topological polar surface area (TPSA) is 90.7 Å². The van der Waals surface area contributed by atoms with Gasteiger partial charge in [-0.2, -0.15) is 5.10 Å². The van der Waals surface area contributed by atoms with Crippen molar-refractivity contribution in [3.05, 3.63) is 47.7 Å². The van der Waals surface area contributed by atoms with Gasteiger partial charge in [-0.3, -0.25) is 0 Å². The fraction of sp³-hybridized carbons (Fsp3) is 0.231. The standard InChI is InChI=1S/C13H17N3O2/c1-2-18-13(17)12(16-15)11(9-14)8-10-6-4-3-5-7-10/h3-7,9H,2,8,14-15H2,1H3/b11-9+,16-12+. The SMILES string of the molecule is CCOC(=O)C(=N/N)/C(=C/N)Cc1ccccc1. The normalized spacial score (nSPS) is 12.3. The first-order chi connectivity index (χ1) is 8.72. The minimum absolute atomic E-state index is 0.0585. The lowest BCUT2D eigenvalue weighted by atomic mass is 10.0. The number of nitrogens with two attached hydrogens (primary N) is 2. The summed E-state index contributed by atoms with van der Waals surface area (Å²) in [6.45, 7) is 1.98. The zero-order valence-corrected chi connectivity index (χ0v) is 10.3. The van der Waals surface area contributed by atoms with Crippen LogP contribution in [0.25, 0.3) is 0 Å². The van der Waals surface area contributed by atoms with Gasteiger partial charge in [0.25, 0.3) is 0 Å². The molecule has 0 atom stereocenters. The monoisotopic (exact) mass is 247 g/mol. The highest BCUT2D eigenvalue weighted by Gasteiger charge is 2.17. The number of benzene rings is 1. The van der Waals surface area contributed by atoms with Gasteiger partial charge in [0.05, 0.1) is 6.61 Å². The highest BCUT2D eigenvalue weighted by atomic mass is 16.5. The Morgan fingerprint density at radius 2 is 2.06 bits per heavy atom. The first kappa shape index (κ1) is 13.8. The van der Waals surface area contributed by atoms with Crippen molar-refractivity contribution in [2.45, 2.75) is 13.3 Å². The number of carbonyl (C=O) groups excluding carboxylic acids is 1. The number of esters is 1. The van der Waals surface area contributed by atoms with Gasteiger partial charge in [0.1, 0.15) is 0 Å². The van der Waals surface area contributed by atoms with Crippen LogP contribution in [-0.2, 0) is 16.0 Å². The minimum Gasteiger partial charge on any atom is -0.461 e. The Bertz CT molecular complexity index is 453. The van der Waals surface area contributed by atoms with Crippen LogP contribution in [0.2, 0.25) is 0 Å². The lowest BCUT2D eigenvalue weighted by Crippen LogP contribution is -2.23. The Balaban J connectivity index is 2.87. The van der Waals surface area contributed by atoms with E-state index >= 15 is 0 Å². The van der Waals surface area contributed by atoms with Crippen LogP contribution in [0.4, 0.5) is 0 Å². The Hall–Kier alpha value is -2.30. The summed E-state index contributed by atoms with van der Waals surface area (Å²) in [6.07, 6.45) is 1.81. The molecule has 0 fully saturated rings. The molecule has 0 radical (unpaired) electrons. The fourth-order valence-electron chi connectivity index (χ4n) is 1.50. The summed E-state index contributed by atoms with van der Waals surface area (Å²) < 4.78 is 4.87. The second kappa shape index (κ2) is 7.11. The Kier molecular flexibility index (Phi) is 5.44. The molecular formula is C13H17N3O2. The molecule has 0 bridgehead atoms. The highest BCUT2D eigenvalue weighted by Crippen LogP contribution is 2.09. The first-order valence-corrected chi connectivity index (χ1v) is 5.63. The van der Waals surface area contributed by atoms with Crippen LogP contribution in [0.3, 0.4) is 0 Å². The molecule has 5 heteroatoms. The van der Waals surface area contributed by atoms with E-state index in [0.29, 0.717) is 12.0 Å². The van der Waals surface area contributed by atoms with E-state index in [1.54, 1.807) is 6.92 Å². The average Bonchev–Trinajstić information content (AvgIpc) is 2.40. The van der Waals surface area contributed by atoms with E-state index in [4.69, 9.17) is 16.3 Å². The molecule has 0 saturated carbocycles. The van der Waals surface area contributed by atoms with Crippen molar-refractivity contribution in [1.82, 2.24) is 0 Å². The van der Waals surface area contributed by atoms with Crippen LogP contribution < -0.4 is 11.6 Å². The predicted octanol–water partition coefficient (Wildman–Crippen LogP) is 0.950. The maximum Gasteiger partial charge on any atom is 0.359 e. The molecule has 0 aliphatic heterocycles. The molecule has 0 aromatic heterocycles. The van der Waals surface area contributed by atoms with Crippen LogP contribution in [0.15, 0.2) is 47.2 Å². The molecule has 0 aliphatic carbocycles. The van der Waals surface area contributed by atoms with E-state index in [9.17, 15) is 4.79 Å².